The number of benzene rings is 1. The molecule has 0 saturated carbocycles. The van der Waals surface area contributed by atoms with Crippen molar-refractivity contribution >= 4 is 15.9 Å². The van der Waals surface area contributed by atoms with E-state index in [-0.39, 0.29) is 16.5 Å². The second-order valence-corrected chi connectivity index (χ2v) is 6.77. The van der Waals surface area contributed by atoms with Gasteiger partial charge in [0.25, 0.3) is 15.9 Å². The van der Waals surface area contributed by atoms with Crippen LogP contribution in [0.15, 0.2) is 52.0 Å². The molecule has 1 heterocycles. The molecule has 0 aliphatic carbocycles. The van der Waals surface area contributed by atoms with E-state index >= 15 is 0 Å². The number of amides is 1. The smallest absolute Gasteiger partial charge is 0.264 e. The molecule has 1 aromatic heterocycles. The maximum absolute atomic E-state index is 12.3. The van der Waals surface area contributed by atoms with Gasteiger partial charge in [0.2, 0.25) is 0 Å². The van der Waals surface area contributed by atoms with Gasteiger partial charge in [-0.25, -0.2) is 8.42 Å². The molecule has 0 radical (unpaired) electrons. The Bertz CT molecular complexity index is 771. The van der Waals surface area contributed by atoms with E-state index < -0.39 is 15.9 Å². The second-order valence-electron chi connectivity index (χ2n) is 4.84. The van der Waals surface area contributed by atoms with Gasteiger partial charge >= 0.3 is 0 Å². The van der Waals surface area contributed by atoms with E-state index in [2.05, 4.69) is 5.32 Å². The quantitative estimate of drug-likeness (QED) is 0.813. The van der Waals surface area contributed by atoms with Crippen LogP contribution in [-0.2, 0) is 14.9 Å². The van der Waals surface area contributed by atoms with Gasteiger partial charge in [-0.15, -0.1) is 0 Å². The zero-order valence-electron chi connectivity index (χ0n) is 13.0. The fraction of sp³-hybridized carbons (Fsp3) is 0.267. The molecule has 124 valence electrons. The summed E-state index contributed by atoms with van der Waals surface area (Å²) in [5, 5.41) is 2.75. The second kappa shape index (κ2) is 6.95. The summed E-state index contributed by atoms with van der Waals surface area (Å²) >= 11 is 0. The number of carbonyl (C=O) groups is 1. The zero-order valence-corrected chi connectivity index (χ0v) is 13.8. The van der Waals surface area contributed by atoms with Crippen molar-refractivity contribution in [2.24, 2.45) is 0 Å². The highest BCUT2D eigenvalue weighted by Gasteiger charge is 2.22. The number of nitrogens with one attached hydrogen (secondary N) is 1. The van der Waals surface area contributed by atoms with Crippen LogP contribution in [0.2, 0.25) is 0 Å². The van der Waals surface area contributed by atoms with Gasteiger partial charge in [-0.2, -0.15) is 0 Å². The van der Waals surface area contributed by atoms with E-state index in [0.29, 0.717) is 5.76 Å². The lowest BCUT2D eigenvalue weighted by Gasteiger charge is -2.15. The highest BCUT2D eigenvalue weighted by Crippen LogP contribution is 2.17. The van der Waals surface area contributed by atoms with Gasteiger partial charge in [-0.3, -0.25) is 9.63 Å². The molecule has 1 aromatic carbocycles. The minimum atomic E-state index is -3.80. The summed E-state index contributed by atoms with van der Waals surface area (Å²) in [4.78, 5) is 17.0. The van der Waals surface area contributed by atoms with Gasteiger partial charge in [0, 0.05) is 12.6 Å². The first-order valence-electron chi connectivity index (χ1n) is 6.83. The number of hydroxylamine groups is 1. The molecule has 0 unspecified atom stereocenters. The fourth-order valence-corrected chi connectivity index (χ4v) is 2.95. The van der Waals surface area contributed by atoms with Gasteiger partial charge in [0.05, 0.1) is 24.3 Å². The van der Waals surface area contributed by atoms with E-state index in [1.807, 2.05) is 0 Å². The lowest BCUT2D eigenvalue weighted by Crippen LogP contribution is -2.28. The molecule has 0 aliphatic heterocycles. The van der Waals surface area contributed by atoms with Crippen LogP contribution in [0.5, 0.6) is 0 Å². The van der Waals surface area contributed by atoms with Crippen molar-refractivity contribution in [2.45, 2.75) is 17.9 Å². The third-order valence-corrected chi connectivity index (χ3v) is 4.98. The lowest BCUT2D eigenvalue weighted by atomic mass is 10.2. The summed E-state index contributed by atoms with van der Waals surface area (Å²) in [7, 11) is -1.28. The molecule has 2 aromatic rings. The lowest BCUT2D eigenvalue weighted by molar-refractivity contribution is -0.0258. The van der Waals surface area contributed by atoms with Crippen molar-refractivity contribution in [1.82, 2.24) is 9.79 Å². The number of hydrogen-bond donors (Lipinski definition) is 1. The van der Waals surface area contributed by atoms with Gasteiger partial charge < -0.3 is 9.73 Å². The minimum Gasteiger partial charge on any atom is -0.467 e. The molecule has 0 fully saturated rings. The molecule has 0 saturated heterocycles. The summed E-state index contributed by atoms with van der Waals surface area (Å²) in [5.74, 6) is 0.215. The predicted octanol–water partition coefficient (Wildman–Crippen LogP) is 1.95. The number of rotatable bonds is 6. The Morgan fingerprint density at radius 2 is 2.04 bits per heavy atom. The summed E-state index contributed by atoms with van der Waals surface area (Å²) in [5.41, 5.74) is 0.231. The summed E-state index contributed by atoms with van der Waals surface area (Å²) in [6, 6.07) is 8.89. The molecule has 0 aliphatic rings. The van der Waals surface area contributed by atoms with Crippen molar-refractivity contribution in [3.63, 3.8) is 0 Å². The van der Waals surface area contributed by atoms with Crippen LogP contribution in [0.25, 0.3) is 0 Å². The number of furan rings is 1. The normalized spacial score (nSPS) is 13.0. The Morgan fingerprint density at radius 1 is 1.30 bits per heavy atom. The molecule has 1 amide bonds. The first-order valence-corrected chi connectivity index (χ1v) is 8.27. The van der Waals surface area contributed by atoms with Gasteiger partial charge in [-0.1, -0.05) is 10.5 Å². The monoisotopic (exact) mass is 338 g/mol. The molecule has 1 atom stereocenters. The molecule has 2 rings (SSSR count). The van der Waals surface area contributed by atoms with E-state index in [9.17, 15) is 13.2 Å². The number of nitrogens with zero attached hydrogens (tertiary/aromatic N) is 1. The van der Waals surface area contributed by atoms with E-state index in [0.717, 1.165) is 4.47 Å². The summed E-state index contributed by atoms with van der Waals surface area (Å²) < 4.78 is 30.4. The van der Waals surface area contributed by atoms with Crippen molar-refractivity contribution in [3.05, 3.63) is 54.0 Å². The Kier molecular flexibility index (Phi) is 5.19. The standard InChI is InChI=1S/C15H18N2O5S/c1-11(14-8-5-9-22-14)16-15(18)12-6-4-7-13(10-12)23(19,20)17(2)21-3/h4-11H,1-3H3,(H,16,18)/t11-/m1/s1. The Balaban J connectivity index is 2.21. The summed E-state index contributed by atoms with van der Waals surface area (Å²) in [6.07, 6.45) is 1.52. The Hall–Kier alpha value is -2.16. The molecular weight excluding hydrogens is 320 g/mol. The average molecular weight is 338 g/mol. The SMILES string of the molecule is CON(C)S(=O)(=O)c1cccc(C(=O)N[C@H](C)c2ccco2)c1. The first-order chi connectivity index (χ1) is 10.9. The number of hydrogen-bond acceptors (Lipinski definition) is 5. The maximum Gasteiger partial charge on any atom is 0.264 e. The van der Waals surface area contributed by atoms with Crippen molar-refractivity contribution in [2.75, 3.05) is 14.2 Å². The van der Waals surface area contributed by atoms with Crippen LogP contribution in [0.4, 0.5) is 0 Å². The van der Waals surface area contributed by atoms with Crippen LogP contribution in [0.3, 0.4) is 0 Å². The van der Waals surface area contributed by atoms with Crippen molar-refractivity contribution in [3.8, 4) is 0 Å². The minimum absolute atomic E-state index is 0.0276. The largest absolute Gasteiger partial charge is 0.467 e. The molecular formula is C15H18N2O5S. The topological polar surface area (TPSA) is 88.8 Å². The van der Waals surface area contributed by atoms with Crippen LogP contribution in [0.1, 0.15) is 29.1 Å². The molecule has 1 N–H and O–H groups in total. The Labute approximate surface area is 134 Å². The van der Waals surface area contributed by atoms with E-state index in [1.54, 1.807) is 19.1 Å². The number of sulfonamides is 1. The molecule has 7 nitrogen and oxygen atoms in total. The van der Waals surface area contributed by atoms with E-state index in [4.69, 9.17) is 9.25 Å². The van der Waals surface area contributed by atoms with Crippen LogP contribution >= 0.6 is 0 Å². The third kappa shape index (κ3) is 3.79. The van der Waals surface area contributed by atoms with Crippen molar-refractivity contribution in [1.29, 1.82) is 0 Å². The van der Waals surface area contributed by atoms with Gasteiger partial charge in [0.1, 0.15) is 5.76 Å². The highest BCUT2D eigenvalue weighted by molar-refractivity contribution is 7.89. The zero-order chi connectivity index (χ0) is 17.0. The average Bonchev–Trinajstić information content (AvgIpc) is 3.08. The molecule has 8 heteroatoms. The van der Waals surface area contributed by atoms with Gasteiger partial charge in [-0.05, 0) is 37.3 Å². The van der Waals surface area contributed by atoms with Crippen LogP contribution < -0.4 is 5.32 Å². The predicted molar refractivity (Wildman–Crippen MR) is 83.0 cm³/mol. The van der Waals surface area contributed by atoms with Crippen molar-refractivity contribution < 1.29 is 22.5 Å². The Morgan fingerprint density at radius 3 is 2.65 bits per heavy atom. The molecule has 23 heavy (non-hydrogen) atoms. The van der Waals surface area contributed by atoms with Gasteiger partial charge in [0.15, 0.2) is 0 Å². The third-order valence-electron chi connectivity index (χ3n) is 3.31. The summed E-state index contributed by atoms with van der Waals surface area (Å²) in [6.45, 7) is 1.77. The number of carbonyl (C=O) groups excluding carboxylic acids is 1. The molecule has 0 bridgehead atoms. The maximum atomic E-state index is 12.3. The highest BCUT2D eigenvalue weighted by atomic mass is 32.2. The van der Waals surface area contributed by atoms with Crippen LogP contribution in [0, 0.1) is 0 Å². The van der Waals surface area contributed by atoms with E-state index in [1.165, 1.54) is 44.7 Å². The molecule has 0 spiro atoms. The first kappa shape index (κ1) is 17.2. The fourth-order valence-electron chi connectivity index (χ4n) is 1.93. The van der Waals surface area contributed by atoms with Crippen LogP contribution in [-0.4, -0.2) is 33.0 Å².